The van der Waals surface area contributed by atoms with Crippen LogP contribution in [0.5, 0.6) is 0 Å². The lowest BCUT2D eigenvalue weighted by Crippen LogP contribution is -2.54. The summed E-state index contributed by atoms with van der Waals surface area (Å²) in [5.41, 5.74) is 1.09. The summed E-state index contributed by atoms with van der Waals surface area (Å²) in [6.45, 7) is 4.32. The number of carbonyl (C=O) groups is 2. The average molecular weight is 350 g/mol. The minimum Gasteiger partial charge on any atom is -0.450 e. The largest absolute Gasteiger partial charge is 0.450 e. The molecule has 3 heterocycles. The highest BCUT2D eigenvalue weighted by atomic mass is 32.2. The molecule has 0 bridgehead atoms. The number of aromatic nitrogens is 1. The lowest BCUT2D eigenvalue weighted by Gasteiger charge is -2.35. The number of nitrogens with one attached hydrogen (secondary N) is 1. The predicted molar refractivity (Wildman–Crippen MR) is 91.5 cm³/mol. The topological polar surface area (TPSA) is 74.8 Å². The van der Waals surface area contributed by atoms with Gasteiger partial charge < -0.3 is 14.5 Å². The van der Waals surface area contributed by atoms with Crippen LogP contribution in [0.1, 0.15) is 17.9 Å². The highest BCUT2D eigenvalue weighted by molar-refractivity contribution is 7.99. The molecule has 2 aliphatic rings. The summed E-state index contributed by atoms with van der Waals surface area (Å²) in [5.74, 6) is 0.855. The quantitative estimate of drug-likeness (QED) is 0.879. The van der Waals surface area contributed by atoms with Crippen LogP contribution in [0.15, 0.2) is 24.5 Å². The molecule has 3 rings (SSSR count). The third-order valence-electron chi connectivity index (χ3n) is 4.18. The van der Waals surface area contributed by atoms with Gasteiger partial charge in [0.25, 0.3) is 0 Å². The van der Waals surface area contributed by atoms with Crippen LogP contribution in [0.4, 0.5) is 4.79 Å². The molecule has 2 aliphatic heterocycles. The van der Waals surface area contributed by atoms with Gasteiger partial charge >= 0.3 is 6.09 Å². The van der Waals surface area contributed by atoms with E-state index in [-0.39, 0.29) is 23.4 Å². The Bertz CT molecular complexity index is 578. The lowest BCUT2D eigenvalue weighted by molar-refractivity contribution is -0.134. The third kappa shape index (κ3) is 3.81. The van der Waals surface area contributed by atoms with Gasteiger partial charge in [0.1, 0.15) is 0 Å². The van der Waals surface area contributed by atoms with E-state index in [9.17, 15) is 9.59 Å². The first-order chi connectivity index (χ1) is 11.7. The van der Waals surface area contributed by atoms with Crippen LogP contribution in [0.25, 0.3) is 0 Å². The van der Waals surface area contributed by atoms with Crippen molar-refractivity contribution in [3.63, 3.8) is 0 Å². The number of carbonyl (C=O) groups excluding carboxylic acids is 2. The third-order valence-corrected chi connectivity index (χ3v) is 5.45. The molecule has 0 aromatic carbocycles. The molecule has 2 fully saturated rings. The van der Waals surface area contributed by atoms with Gasteiger partial charge in [-0.05, 0) is 18.6 Å². The maximum Gasteiger partial charge on any atom is 0.409 e. The van der Waals surface area contributed by atoms with Gasteiger partial charge in [0.2, 0.25) is 5.91 Å². The number of ether oxygens (including phenoxy) is 1. The number of thioether (sulfide) groups is 1. The Kier molecular flexibility index (Phi) is 5.57. The molecule has 8 heteroatoms. The standard InChI is InChI=1S/C16H22N4O3S/c1-2-23-16(22)20-8-6-19(7-9-20)15(21)13-11-24-14(18-13)12-4-3-5-17-10-12/h3-5,10,13-14,18H,2,6-9,11H2,1H3/t13-,14?/m0/s1. The van der Waals surface area contributed by atoms with E-state index in [1.54, 1.807) is 29.8 Å². The summed E-state index contributed by atoms with van der Waals surface area (Å²) < 4.78 is 5.00. The molecule has 2 atom stereocenters. The van der Waals surface area contributed by atoms with Crippen molar-refractivity contribution in [2.75, 3.05) is 38.5 Å². The van der Waals surface area contributed by atoms with Crippen LogP contribution in [-0.2, 0) is 9.53 Å². The van der Waals surface area contributed by atoms with Crippen LogP contribution in [0.3, 0.4) is 0 Å². The van der Waals surface area contributed by atoms with Crippen molar-refractivity contribution in [3.05, 3.63) is 30.1 Å². The molecule has 1 unspecified atom stereocenters. The highest BCUT2D eigenvalue weighted by Gasteiger charge is 2.35. The first kappa shape index (κ1) is 17.0. The second-order valence-electron chi connectivity index (χ2n) is 5.73. The van der Waals surface area contributed by atoms with E-state index in [0.29, 0.717) is 32.8 Å². The highest BCUT2D eigenvalue weighted by Crippen LogP contribution is 2.32. The molecule has 7 nitrogen and oxygen atoms in total. The van der Waals surface area contributed by atoms with Gasteiger partial charge in [-0.25, -0.2) is 4.79 Å². The molecule has 24 heavy (non-hydrogen) atoms. The Morgan fingerprint density at radius 1 is 1.33 bits per heavy atom. The monoisotopic (exact) mass is 350 g/mol. The minimum atomic E-state index is -0.296. The fourth-order valence-electron chi connectivity index (χ4n) is 2.88. The maximum atomic E-state index is 12.7. The number of amides is 2. The molecule has 0 saturated carbocycles. The summed E-state index contributed by atoms with van der Waals surface area (Å²) in [6, 6.07) is 3.73. The predicted octanol–water partition coefficient (Wildman–Crippen LogP) is 1.09. The number of piperazine rings is 1. The smallest absolute Gasteiger partial charge is 0.409 e. The molecular formula is C16H22N4O3S. The van der Waals surface area contributed by atoms with E-state index in [2.05, 4.69) is 10.3 Å². The summed E-state index contributed by atoms with van der Waals surface area (Å²) >= 11 is 1.72. The van der Waals surface area contributed by atoms with Crippen molar-refractivity contribution in [2.24, 2.45) is 0 Å². The van der Waals surface area contributed by atoms with Gasteiger partial charge in [-0.1, -0.05) is 6.07 Å². The average Bonchev–Trinajstić information content (AvgIpc) is 3.12. The zero-order chi connectivity index (χ0) is 16.9. The Morgan fingerprint density at radius 2 is 2.08 bits per heavy atom. The van der Waals surface area contributed by atoms with Crippen molar-refractivity contribution in [1.29, 1.82) is 0 Å². The molecule has 2 saturated heterocycles. The molecule has 1 aromatic heterocycles. The molecular weight excluding hydrogens is 328 g/mol. The van der Waals surface area contributed by atoms with Crippen molar-refractivity contribution in [3.8, 4) is 0 Å². The van der Waals surface area contributed by atoms with Gasteiger partial charge in [0.05, 0.1) is 18.0 Å². The fraction of sp³-hybridized carbons (Fsp3) is 0.562. The van der Waals surface area contributed by atoms with Gasteiger partial charge in [-0.2, -0.15) is 0 Å². The maximum absolute atomic E-state index is 12.7. The Balaban J connectivity index is 1.50. The summed E-state index contributed by atoms with van der Waals surface area (Å²) in [6.07, 6.45) is 3.28. The van der Waals surface area contributed by atoms with Gasteiger partial charge in [0, 0.05) is 44.3 Å². The van der Waals surface area contributed by atoms with E-state index in [4.69, 9.17) is 4.74 Å². The first-order valence-corrected chi connectivity index (χ1v) is 9.22. The van der Waals surface area contributed by atoms with E-state index in [1.165, 1.54) is 0 Å². The van der Waals surface area contributed by atoms with E-state index in [1.807, 2.05) is 23.2 Å². The first-order valence-electron chi connectivity index (χ1n) is 8.17. The van der Waals surface area contributed by atoms with Crippen LogP contribution in [-0.4, -0.2) is 71.4 Å². The van der Waals surface area contributed by atoms with Crippen molar-refractivity contribution in [1.82, 2.24) is 20.1 Å². The number of hydrogen-bond acceptors (Lipinski definition) is 6. The summed E-state index contributed by atoms with van der Waals surface area (Å²) in [7, 11) is 0. The Hall–Kier alpha value is -1.80. The van der Waals surface area contributed by atoms with Crippen LogP contribution in [0, 0.1) is 0 Å². The lowest BCUT2D eigenvalue weighted by atomic mass is 10.2. The number of pyridine rings is 1. The number of nitrogens with zero attached hydrogens (tertiary/aromatic N) is 3. The van der Waals surface area contributed by atoms with E-state index >= 15 is 0 Å². The molecule has 130 valence electrons. The van der Waals surface area contributed by atoms with Crippen LogP contribution in [0.2, 0.25) is 0 Å². The van der Waals surface area contributed by atoms with Crippen molar-refractivity contribution >= 4 is 23.8 Å². The second-order valence-corrected chi connectivity index (χ2v) is 6.87. The molecule has 1 aromatic rings. The van der Waals surface area contributed by atoms with E-state index in [0.717, 1.165) is 11.3 Å². The van der Waals surface area contributed by atoms with E-state index < -0.39 is 0 Å². The minimum absolute atomic E-state index is 0.105. The number of rotatable bonds is 3. The van der Waals surface area contributed by atoms with Gasteiger partial charge in [-0.3, -0.25) is 15.1 Å². The summed E-state index contributed by atoms with van der Waals surface area (Å²) in [4.78, 5) is 32.0. The van der Waals surface area contributed by atoms with Crippen molar-refractivity contribution in [2.45, 2.75) is 18.3 Å². The Morgan fingerprint density at radius 3 is 2.75 bits per heavy atom. The van der Waals surface area contributed by atoms with Gasteiger partial charge in [-0.15, -0.1) is 11.8 Å². The zero-order valence-corrected chi connectivity index (χ0v) is 14.5. The molecule has 0 radical (unpaired) electrons. The normalized spacial score (nSPS) is 24.0. The van der Waals surface area contributed by atoms with Crippen LogP contribution < -0.4 is 5.32 Å². The van der Waals surface area contributed by atoms with Gasteiger partial charge in [0.15, 0.2) is 0 Å². The van der Waals surface area contributed by atoms with Crippen LogP contribution >= 0.6 is 11.8 Å². The fourth-order valence-corrected chi connectivity index (χ4v) is 4.10. The van der Waals surface area contributed by atoms with Crippen molar-refractivity contribution < 1.29 is 14.3 Å². The zero-order valence-electron chi connectivity index (χ0n) is 13.7. The summed E-state index contributed by atoms with van der Waals surface area (Å²) in [5, 5.41) is 3.49. The molecule has 0 spiro atoms. The second kappa shape index (κ2) is 7.85. The molecule has 1 N–H and O–H groups in total. The molecule has 2 amide bonds. The Labute approximate surface area is 145 Å². The molecule has 0 aliphatic carbocycles. The SMILES string of the molecule is CCOC(=O)N1CCN(C(=O)[C@@H]2CSC(c3cccnc3)N2)CC1. The number of hydrogen-bond donors (Lipinski definition) is 1.